The Kier molecular flexibility index (Phi) is 5.54. The first-order valence-corrected chi connectivity index (χ1v) is 15.9. The van der Waals surface area contributed by atoms with E-state index in [-0.39, 0.29) is 0 Å². The molecule has 0 N–H and O–H groups in total. The molecule has 47 heavy (non-hydrogen) atoms. The van der Waals surface area contributed by atoms with Gasteiger partial charge >= 0.3 is 0 Å². The third-order valence-electron chi connectivity index (χ3n) is 9.37. The molecule has 0 aliphatic rings. The van der Waals surface area contributed by atoms with Gasteiger partial charge in [-0.2, -0.15) is 0 Å². The topological polar surface area (TPSA) is 43.6 Å². The lowest BCUT2D eigenvalue weighted by Crippen LogP contribution is -2.00. The van der Waals surface area contributed by atoms with Gasteiger partial charge in [0.15, 0.2) is 17.5 Å². The van der Waals surface area contributed by atoms with E-state index in [1.807, 2.05) is 60.7 Å². The van der Waals surface area contributed by atoms with Gasteiger partial charge in [-0.15, -0.1) is 0 Å². The maximum atomic E-state index is 4.96. The quantitative estimate of drug-likeness (QED) is 0.150. The summed E-state index contributed by atoms with van der Waals surface area (Å²) in [5.41, 5.74) is 6.39. The summed E-state index contributed by atoms with van der Waals surface area (Å²) in [5, 5.41) is 10.3. The molecule has 218 valence electrons. The van der Waals surface area contributed by atoms with Crippen LogP contribution in [0.4, 0.5) is 0 Å². The Labute approximate surface area is 270 Å². The van der Waals surface area contributed by atoms with Gasteiger partial charge in [0, 0.05) is 38.5 Å². The standard InChI is InChI=1S/C43H26N4/c1-3-12-27(13-4-1)41-44-42(28-14-5-2-6-15-28)46-43(45-41)29-22-24-31(25-23-29)47-37-21-11-20-35-33-18-9-10-19-34(33)36-26-30-16-7-8-17-32(30)40(47)39(36)38(35)37/h1-26H. The molecule has 0 atom stereocenters. The SMILES string of the molecule is c1ccc(-c2nc(-c3ccccc3)nc(-c3ccc(-n4c5cccc6c7ccccc7c7cc8ccccc8c4c7c65)cc3)n2)cc1. The van der Waals surface area contributed by atoms with E-state index in [1.54, 1.807) is 0 Å². The molecule has 4 heteroatoms. The predicted octanol–water partition coefficient (Wildman–Crippen LogP) is 10.9. The van der Waals surface area contributed by atoms with Gasteiger partial charge in [-0.3, -0.25) is 0 Å². The Bertz CT molecular complexity index is 2710. The van der Waals surface area contributed by atoms with E-state index in [0.29, 0.717) is 17.5 Å². The van der Waals surface area contributed by atoms with Gasteiger partial charge in [-0.1, -0.05) is 121 Å². The molecule has 0 radical (unpaired) electrons. The summed E-state index contributed by atoms with van der Waals surface area (Å²) in [5.74, 6) is 1.96. The van der Waals surface area contributed by atoms with Gasteiger partial charge < -0.3 is 4.57 Å². The molecule has 0 aliphatic carbocycles. The number of benzene rings is 8. The number of rotatable bonds is 4. The first-order valence-electron chi connectivity index (χ1n) is 15.9. The van der Waals surface area contributed by atoms with Gasteiger partial charge in [0.2, 0.25) is 0 Å². The van der Waals surface area contributed by atoms with Crippen LogP contribution >= 0.6 is 0 Å². The fourth-order valence-corrected chi connectivity index (χ4v) is 7.28. The number of fused-ring (bicyclic) bond motifs is 5. The van der Waals surface area contributed by atoms with Crippen molar-refractivity contribution in [2.24, 2.45) is 0 Å². The molecule has 2 heterocycles. The summed E-state index contributed by atoms with van der Waals surface area (Å²) in [6.07, 6.45) is 0. The summed E-state index contributed by atoms with van der Waals surface area (Å²) in [4.78, 5) is 14.8. The highest BCUT2D eigenvalue weighted by molar-refractivity contribution is 6.38. The van der Waals surface area contributed by atoms with Gasteiger partial charge in [-0.25, -0.2) is 15.0 Å². The summed E-state index contributed by atoms with van der Waals surface area (Å²) in [6.45, 7) is 0. The molecule has 0 saturated carbocycles. The molecular weight excluding hydrogens is 573 g/mol. The minimum atomic E-state index is 0.648. The van der Waals surface area contributed by atoms with E-state index in [4.69, 9.17) is 15.0 Å². The number of nitrogens with zero attached hydrogens (tertiary/aromatic N) is 4. The largest absolute Gasteiger partial charge is 0.309 e. The number of hydrogen-bond donors (Lipinski definition) is 0. The lowest BCUT2D eigenvalue weighted by molar-refractivity contribution is 1.07. The fourth-order valence-electron chi connectivity index (χ4n) is 7.28. The van der Waals surface area contributed by atoms with Crippen molar-refractivity contribution in [3.63, 3.8) is 0 Å². The van der Waals surface area contributed by atoms with Crippen molar-refractivity contribution in [3.8, 4) is 39.9 Å². The van der Waals surface area contributed by atoms with Crippen LogP contribution in [0.25, 0.3) is 94.0 Å². The molecule has 0 unspecified atom stereocenters. The van der Waals surface area contributed by atoms with Crippen LogP contribution in [0, 0.1) is 0 Å². The lowest BCUT2D eigenvalue weighted by Gasteiger charge is -2.12. The summed E-state index contributed by atoms with van der Waals surface area (Å²) in [7, 11) is 0. The van der Waals surface area contributed by atoms with Gasteiger partial charge in [0.25, 0.3) is 0 Å². The maximum absolute atomic E-state index is 4.96. The third kappa shape index (κ3) is 3.92. The van der Waals surface area contributed by atoms with E-state index in [9.17, 15) is 0 Å². The van der Waals surface area contributed by atoms with E-state index in [0.717, 1.165) is 22.4 Å². The second kappa shape index (κ2) is 10.1. The lowest BCUT2D eigenvalue weighted by atomic mass is 9.92. The minimum Gasteiger partial charge on any atom is -0.309 e. The van der Waals surface area contributed by atoms with E-state index < -0.39 is 0 Å². The molecule has 4 nitrogen and oxygen atoms in total. The van der Waals surface area contributed by atoms with Crippen LogP contribution in [0.5, 0.6) is 0 Å². The van der Waals surface area contributed by atoms with Crippen molar-refractivity contribution >= 4 is 54.1 Å². The molecule has 0 spiro atoms. The summed E-state index contributed by atoms with van der Waals surface area (Å²) >= 11 is 0. The highest BCUT2D eigenvalue weighted by Crippen LogP contribution is 2.46. The highest BCUT2D eigenvalue weighted by atomic mass is 15.0. The minimum absolute atomic E-state index is 0.648. The van der Waals surface area contributed by atoms with Crippen LogP contribution in [-0.2, 0) is 0 Å². The van der Waals surface area contributed by atoms with Gasteiger partial charge in [-0.05, 0) is 63.3 Å². The summed E-state index contributed by atoms with van der Waals surface area (Å²) < 4.78 is 2.44. The average molecular weight is 599 g/mol. The van der Waals surface area contributed by atoms with Crippen molar-refractivity contribution in [1.82, 2.24) is 19.5 Å². The smallest absolute Gasteiger partial charge is 0.164 e. The Balaban J connectivity index is 1.21. The maximum Gasteiger partial charge on any atom is 0.164 e. The molecule has 8 aromatic carbocycles. The number of aromatic nitrogens is 4. The van der Waals surface area contributed by atoms with Gasteiger partial charge in [0.05, 0.1) is 11.0 Å². The zero-order chi connectivity index (χ0) is 30.9. The molecule has 2 aromatic heterocycles. The van der Waals surface area contributed by atoms with E-state index >= 15 is 0 Å². The monoisotopic (exact) mass is 598 g/mol. The zero-order valence-electron chi connectivity index (χ0n) is 25.3. The van der Waals surface area contributed by atoms with Crippen LogP contribution < -0.4 is 0 Å². The van der Waals surface area contributed by atoms with Crippen LogP contribution in [-0.4, -0.2) is 19.5 Å². The molecule has 0 amide bonds. The predicted molar refractivity (Wildman–Crippen MR) is 194 cm³/mol. The third-order valence-corrected chi connectivity index (χ3v) is 9.37. The molecule has 0 bridgehead atoms. The first-order chi connectivity index (χ1) is 23.3. The average Bonchev–Trinajstić information content (AvgIpc) is 3.51. The van der Waals surface area contributed by atoms with Crippen molar-refractivity contribution in [2.75, 3.05) is 0 Å². The Hall–Kier alpha value is -6.39. The van der Waals surface area contributed by atoms with Gasteiger partial charge in [0.1, 0.15) is 0 Å². The normalized spacial score (nSPS) is 11.8. The Morgan fingerprint density at radius 1 is 0.362 bits per heavy atom. The van der Waals surface area contributed by atoms with Crippen molar-refractivity contribution in [3.05, 3.63) is 158 Å². The van der Waals surface area contributed by atoms with Crippen molar-refractivity contribution in [2.45, 2.75) is 0 Å². The molecular formula is C43H26N4. The van der Waals surface area contributed by atoms with Crippen molar-refractivity contribution < 1.29 is 0 Å². The van der Waals surface area contributed by atoms with E-state index in [1.165, 1.54) is 54.1 Å². The first kappa shape index (κ1) is 25.9. The van der Waals surface area contributed by atoms with E-state index in [2.05, 4.69) is 102 Å². The second-order valence-electron chi connectivity index (χ2n) is 12.0. The van der Waals surface area contributed by atoms with Crippen LogP contribution in [0.2, 0.25) is 0 Å². The Morgan fingerprint density at radius 3 is 1.51 bits per heavy atom. The Morgan fingerprint density at radius 2 is 0.872 bits per heavy atom. The summed E-state index contributed by atoms with van der Waals surface area (Å²) in [6, 6.07) is 55.5. The molecule has 10 rings (SSSR count). The second-order valence-corrected chi connectivity index (χ2v) is 12.0. The molecule has 0 aliphatic heterocycles. The molecule has 0 saturated heterocycles. The van der Waals surface area contributed by atoms with Crippen LogP contribution in [0.3, 0.4) is 0 Å². The zero-order valence-corrected chi connectivity index (χ0v) is 25.3. The molecule has 10 aromatic rings. The van der Waals surface area contributed by atoms with Crippen molar-refractivity contribution in [1.29, 1.82) is 0 Å². The molecule has 0 fully saturated rings. The highest BCUT2D eigenvalue weighted by Gasteiger charge is 2.22. The number of hydrogen-bond acceptors (Lipinski definition) is 3. The van der Waals surface area contributed by atoms with Crippen LogP contribution in [0.1, 0.15) is 0 Å². The fraction of sp³-hybridized carbons (Fsp3) is 0. The van der Waals surface area contributed by atoms with Crippen LogP contribution in [0.15, 0.2) is 158 Å².